The maximum Gasteiger partial charge on any atom is 0.204 e. The molecular formula is C32H37N5O. The lowest BCUT2D eigenvalue weighted by Gasteiger charge is -2.25. The number of hydrogen-bond donors (Lipinski definition) is 2. The van der Waals surface area contributed by atoms with Crippen LogP contribution < -0.4 is 11.1 Å². The Balaban J connectivity index is 1.77. The van der Waals surface area contributed by atoms with E-state index in [2.05, 4.69) is 103 Å². The van der Waals surface area contributed by atoms with Crippen LogP contribution in [0.15, 0.2) is 72.8 Å². The number of nitrogens with one attached hydrogen (secondary N) is 1. The number of nitrogens with two attached hydrogens (primary N) is 1. The van der Waals surface area contributed by atoms with Gasteiger partial charge in [0.2, 0.25) is 5.95 Å². The molecule has 0 atom stereocenters. The highest BCUT2D eigenvalue weighted by molar-refractivity contribution is 6.08. The van der Waals surface area contributed by atoms with Gasteiger partial charge in [0.05, 0.1) is 23.2 Å². The topological polar surface area (TPSA) is 78.0 Å². The minimum absolute atomic E-state index is 0.388. The third kappa shape index (κ3) is 5.22. The van der Waals surface area contributed by atoms with Gasteiger partial charge in [-0.1, -0.05) is 79.7 Å². The Kier molecular flexibility index (Phi) is 7.34. The number of benzene rings is 3. The monoisotopic (exact) mass is 507 g/mol. The molecule has 38 heavy (non-hydrogen) atoms. The molecule has 2 aromatic heterocycles. The zero-order chi connectivity index (χ0) is 26.7. The van der Waals surface area contributed by atoms with Gasteiger partial charge in [-0.25, -0.2) is 9.97 Å². The normalized spacial score (nSPS) is 11.9. The van der Waals surface area contributed by atoms with Gasteiger partial charge < -0.3 is 20.4 Å². The maximum atomic E-state index is 6.65. The molecule has 0 aliphatic carbocycles. The van der Waals surface area contributed by atoms with Crippen molar-refractivity contribution < 1.29 is 4.74 Å². The van der Waals surface area contributed by atoms with Gasteiger partial charge in [-0.2, -0.15) is 0 Å². The molecule has 5 rings (SSSR count). The number of nitrogens with zero attached hydrogens (tertiary/aromatic N) is 3. The van der Waals surface area contributed by atoms with E-state index in [9.17, 15) is 0 Å². The van der Waals surface area contributed by atoms with Crippen LogP contribution in [0, 0.1) is 0 Å². The van der Waals surface area contributed by atoms with Gasteiger partial charge in [0, 0.05) is 19.0 Å². The second kappa shape index (κ2) is 10.8. The minimum Gasteiger partial charge on any atom is -0.382 e. The molecule has 0 saturated carbocycles. The summed E-state index contributed by atoms with van der Waals surface area (Å²) in [6, 6.07) is 25.6. The van der Waals surface area contributed by atoms with Crippen molar-refractivity contribution in [3.63, 3.8) is 0 Å². The molecule has 3 aromatic carbocycles. The average Bonchev–Trinajstić information content (AvgIpc) is 3.28. The number of fused-ring (bicyclic) bond motifs is 3. The lowest BCUT2D eigenvalue weighted by Crippen LogP contribution is -2.29. The van der Waals surface area contributed by atoms with Crippen molar-refractivity contribution in [2.24, 2.45) is 0 Å². The van der Waals surface area contributed by atoms with Crippen molar-refractivity contribution in [1.82, 2.24) is 14.5 Å². The summed E-state index contributed by atoms with van der Waals surface area (Å²) in [7, 11) is 1.75. The van der Waals surface area contributed by atoms with Gasteiger partial charge in [-0.05, 0) is 55.4 Å². The summed E-state index contributed by atoms with van der Waals surface area (Å²) in [4.78, 5) is 9.93. The van der Waals surface area contributed by atoms with Crippen molar-refractivity contribution in [2.75, 3.05) is 24.7 Å². The lowest BCUT2D eigenvalue weighted by molar-refractivity contribution is 0.00947. The zero-order valence-electron chi connectivity index (χ0n) is 22.8. The van der Waals surface area contributed by atoms with Gasteiger partial charge in [0.15, 0.2) is 5.82 Å². The number of hydrogen-bond acceptors (Lipinski definition) is 5. The van der Waals surface area contributed by atoms with Gasteiger partial charge in [0.1, 0.15) is 5.52 Å². The van der Waals surface area contributed by atoms with E-state index < -0.39 is 0 Å². The maximum absolute atomic E-state index is 6.65. The SMILES string of the molecule is CCCNc1nc2c(N)nc3c(Cc4ccccc4)c(Cc4ccccc4)ccc3c2n1CC(C)(C)OC. The van der Waals surface area contributed by atoms with Crippen LogP contribution in [0.5, 0.6) is 0 Å². The number of ether oxygens (including phenoxy) is 1. The predicted octanol–water partition coefficient (Wildman–Crippen LogP) is 6.60. The number of anilines is 2. The highest BCUT2D eigenvalue weighted by atomic mass is 16.5. The molecule has 196 valence electrons. The number of pyridine rings is 1. The van der Waals surface area contributed by atoms with Crippen molar-refractivity contribution >= 4 is 33.7 Å². The first-order valence-corrected chi connectivity index (χ1v) is 13.4. The van der Waals surface area contributed by atoms with E-state index in [4.69, 9.17) is 20.4 Å². The smallest absolute Gasteiger partial charge is 0.204 e. The Bertz CT molecular complexity index is 1540. The Hall–Kier alpha value is -3.90. The van der Waals surface area contributed by atoms with Crippen LogP contribution in [0.4, 0.5) is 11.8 Å². The summed E-state index contributed by atoms with van der Waals surface area (Å²) in [5.74, 6) is 1.25. The molecule has 6 heteroatoms. The van der Waals surface area contributed by atoms with Gasteiger partial charge in [-0.15, -0.1) is 0 Å². The lowest BCUT2D eigenvalue weighted by atomic mass is 9.92. The fourth-order valence-corrected chi connectivity index (χ4v) is 5.02. The molecule has 5 aromatic rings. The minimum atomic E-state index is -0.388. The second-order valence-corrected chi connectivity index (χ2v) is 10.5. The van der Waals surface area contributed by atoms with Gasteiger partial charge in [-0.3, -0.25) is 0 Å². The van der Waals surface area contributed by atoms with E-state index in [-0.39, 0.29) is 5.60 Å². The Morgan fingerprint density at radius 2 is 1.53 bits per heavy atom. The number of imidazole rings is 1. The first-order chi connectivity index (χ1) is 18.4. The summed E-state index contributed by atoms with van der Waals surface area (Å²) in [6.45, 7) is 7.78. The van der Waals surface area contributed by atoms with E-state index in [1.165, 1.54) is 22.3 Å². The molecule has 0 amide bonds. The van der Waals surface area contributed by atoms with Crippen LogP contribution in [0.1, 0.15) is 49.4 Å². The molecule has 0 fully saturated rings. The first-order valence-electron chi connectivity index (χ1n) is 13.4. The molecule has 0 bridgehead atoms. The third-order valence-corrected chi connectivity index (χ3v) is 7.16. The van der Waals surface area contributed by atoms with Crippen LogP contribution in [-0.4, -0.2) is 33.8 Å². The molecule has 0 aliphatic heterocycles. The highest BCUT2D eigenvalue weighted by Gasteiger charge is 2.25. The van der Waals surface area contributed by atoms with Crippen molar-refractivity contribution in [1.29, 1.82) is 0 Å². The molecule has 3 N–H and O–H groups in total. The summed E-state index contributed by atoms with van der Waals surface area (Å²) >= 11 is 0. The fourth-order valence-electron chi connectivity index (χ4n) is 5.02. The van der Waals surface area contributed by atoms with Crippen LogP contribution in [0.2, 0.25) is 0 Å². The predicted molar refractivity (Wildman–Crippen MR) is 158 cm³/mol. The second-order valence-electron chi connectivity index (χ2n) is 10.5. The summed E-state index contributed by atoms with van der Waals surface area (Å²) in [5, 5.41) is 4.56. The molecule has 0 unspecified atom stereocenters. The van der Waals surface area contributed by atoms with E-state index >= 15 is 0 Å². The van der Waals surface area contributed by atoms with E-state index in [0.29, 0.717) is 12.4 Å². The third-order valence-electron chi connectivity index (χ3n) is 7.16. The van der Waals surface area contributed by atoms with Crippen LogP contribution in [-0.2, 0) is 24.1 Å². The number of nitrogen functional groups attached to an aromatic ring is 1. The zero-order valence-corrected chi connectivity index (χ0v) is 22.8. The Labute approximate surface area is 224 Å². The van der Waals surface area contributed by atoms with E-state index in [1.54, 1.807) is 7.11 Å². The Morgan fingerprint density at radius 1 is 0.868 bits per heavy atom. The van der Waals surface area contributed by atoms with E-state index in [0.717, 1.165) is 53.7 Å². The number of aromatic nitrogens is 3. The molecular weight excluding hydrogens is 470 g/mol. The first kappa shape index (κ1) is 25.7. The molecule has 2 heterocycles. The van der Waals surface area contributed by atoms with Crippen molar-refractivity contribution in [3.8, 4) is 0 Å². The van der Waals surface area contributed by atoms with Crippen LogP contribution >= 0.6 is 0 Å². The van der Waals surface area contributed by atoms with Crippen LogP contribution in [0.25, 0.3) is 21.9 Å². The molecule has 0 radical (unpaired) electrons. The molecule has 0 saturated heterocycles. The Morgan fingerprint density at radius 3 is 2.16 bits per heavy atom. The molecule has 0 aliphatic rings. The van der Waals surface area contributed by atoms with Gasteiger partial charge >= 0.3 is 0 Å². The highest BCUT2D eigenvalue weighted by Crippen LogP contribution is 2.35. The number of rotatable bonds is 10. The summed E-state index contributed by atoms with van der Waals surface area (Å²) < 4.78 is 8.05. The standard InChI is InChI=1S/C32H37N5O/c1-5-18-34-31-36-28-29(37(31)21-32(2,3)38-4)25-17-16-24(19-22-12-8-6-9-13-22)26(27(25)35-30(28)33)20-23-14-10-7-11-15-23/h6-17H,5,18-21H2,1-4H3,(H2,33,35)(H,34,36). The number of methoxy groups -OCH3 is 1. The largest absolute Gasteiger partial charge is 0.382 e. The quantitative estimate of drug-likeness (QED) is 0.223. The van der Waals surface area contributed by atoms with Crippen molar-refractivity contribution in [2.45, 2.75) is 52.2 Å². The molecule has 0 spiro atoms. The molecule has 6 nitrogen and oxygen atoms in total. The van der Waals surface area contributed by atoms with Crippen LogP contribution in [0.3, 0.4) is 0 Å². The summed E-state index contributed by atoms with van der Waals surface area (Å²) in [5.41, 5.74) is 13.9. The fraction of sp³-hybridized carbons (Fsp3) is 0.312. The van der Waals surface area contributed by atoms with Crippen molar-refractivity contribution in [3.05, 3.63) is 95.1 Å². The van der Waals surface area contributed by atoms with Gasteiger partial charge in [0.25, 0.3) is 0 Å². The average molecular weight is 508 g/mol. The summed E-state index contributed by atoms with van der Waals surface area (Å²) in [6.07, 6.45) is 2.60. The van der Waals surface area contributed by atoms with E-state index in [1.807, 2.05) is 0 Å².